The van der Waals surface area contributed by atoms with Crippen LogP contribution in [0, 0.1) is 17.0 Å². The van der Waals surface area contributed by atoms with Crippen LogP contribution in [0.4, 0.5) is 5.82 Å². The third kappa shape index (κ3) is 3.52. The molecular weight excluding hydrogens is 330 g/mol. The van der Waals surface area contributed by atoms with Gasteiger partial charge in [0.2, 0.25) is 0 Å². The molecule has 0 saturated carbocycles. The molecule has 0 spiro atoms. The minimum Gasteiger partial charge on any atom is -0.479 e. The highest BCUT2D eigenvalue weighted by Crippen LogP contribution is 2.22. The molecular formula is C12H17N3O9. The number of carbonyl (C=O) groups is 1. The molecule has 1 aliphatic rings. The number of carboxylic acid groups (broad SMARTS) is 1. The molecule has 0 aliphatic carbocycles. The van der Waals surface area contributed by atoms with Crippen molar-refractivity contribution in [2.75, 3.05) is 6.61 Å². The number of imidazole rings is 1. The molecule has 0 amide bonds. The number of nitro groups is 1. The Morgan fingerprint density at radius 1 is 1.42 bits per heavy atom. The van der Waals surface area contributed by atoms with Gasteiger partial charge in [0.05, 0.1) is 6.61 Å². The summed E-state index contributed by atoms with van der Waals surface area (Å²) in [7, 11) is 0. The van der Waals surface area contributed by atoms with Gasteiger partial charge in [0.1, 0.15) is 31.1 Å². The first-order chi connectivity index (χ1) is 11.2. The van der Waals surface area contributed by atoms with Crippen LogP contribution in [-0.2, 0) is 20.8 Å². The maximum Gasteiger partial charge on any atom is 0.342 e. The van der Waals surface area contributed by atoms with Crippen LogP contribution in [0.5, 0.6) is 0 Å². The molecule has 24 heavy (non-hydrogen) atoms. The maximum atomic E-state index is 11.0. The fourth-order valence-electron chi connectivity index (χ4n) is 2.33. The van der Waals surface area contributed by atoms with Crippen LogP contribution in [0.1, 0.15) is 5.82 Å². The lowest BCUT2D eigenvalue weighted by atomic mass is 9.99. The van der Waals surface area contributed by atoms with Crippen molar-refractivity contribution in [2.45, 2.75) is 44.2 Å². The summed E-state index contributed by atoms with van der Waals surface area (Å²) in [5.74, 6) is -1.41. The summed E-state index contributed by atoms with van der Waals surface area (Å²) in [6.07, 6.45) is -7.44. The SMILES string of the molecule is Cc1ncc([N+](=O)[O-])n1CCO[C@H]1OC(C(=O)O)C(O)[C@@H](O)[C@H]1O. The summed E-state index contributed by atoms with van der Waals surface area (Å²) in [6, 6.07) is 0. The van der Waals surface area contributed by atoms with Gasteiger partial charge in [-0.05, 0) is 4.92 Å². The fraction of sp³-hybridized carbons (Fsp3) is 0.667. The number of nitrogens with zero attached hydrogens (tertiary/aromatic N) is 3. The number of aliphatic carboxylic acids is 1. The van der Waals surface area contributed by atoms with Gasteiger partial charge >= 0.3 is 11.8 Å². The molecule has 4 N–H and O–H groups in total. The monoisotopic (exact) mass is 347 g/mol. The lowest BCUT2D eigenvalue weighted by Crippen LogP contribution is -2.60. The Kier molecular flexibility index (Phi) is 5.46. The van der Waals surface area contributed by atoms with E-state index in [9.17, 15) is 30.2 Å². The average molecular weight is 347 g/mol. The molecule has 0 radical (unpaired) electrons. The topological polar surface area (TPSA) is 177 Å². The average Bonchev–Trinajstić information content (AvgIpc) is 2.88. The van der Waals surface area contributed by atoms with Crippen molar-refractivity contribution in [1.82, 2.24) is 9.55 Å². The fourth-order valence-corrected chi connectivity index (χ4v) is 2.33. The summed E-state index contributed by atoms with van der Waals surface area (Å²) in [6.45, 7) is 1.36. The lowest BCUT2D eigenvalue weighted by molar-refractivity contribution is -0.392. The smallest absolute Gasteiger partial charge is 0.342 e. The number of aliphatic hydroxyl groups excluding tert-OH is 3. The number of hydrogen-bond acceptors (Lipinski definition) is 9. The zero-order valence-corrected chi connectivity index (χ0v) is 12.6. The molecule has 2 rings (SSSR count). The molecule has 2 heterocycles. The van der Waals surface area contributed by atoms with Gasteiger partial charge in [-0.15, -0.1) is 0 Å². The maximum absolute atomic E-state index is 11.0. The molecule has 1 fully saturated rings. The van der Waals surface area contributed by atoms with E-state index >= 15 is 0 Å². The second kappa shape index (κ2) is 7.19. The Morgan fingerprint density at radius 2 is 2.08 bits per heavy atom. The van der Waals surface area contributed by atoms with E-state index in [0.29, 0.717) is 5.82 Å². The summed E-state index contributed by atoms with van der Waals surface area (Å²) in [5, 5.41) is 48.8. The molecule has 1 aromatic heterocycles. The summed E-state index contributed by atoms with van der Waals surface area (Å²) in [5.41, 5.74) is 0. The van der Waals surface area contributed by atoms with Gasteiger partial charge < -0.3 is 40.0 Å². The van der Waals surface area contributed by atoms with Gasteiger partial charge in [-0.1, -0.05) is 0 Å². The zero-order valence-electron chi connectivity index (χ0n) is 12.6. The molecule has 1 aliphatic heterocycles. The standard InChI is InChI=1S/C12H17N3O9/c1-5-13-4-6(15(21)22)14(5)2-3-23-12-9(18)7(16)8(17)10(24-12)11(19)20/h4,7-10,12,16-18H,2-3H2,1H3,(H,19,20)/t7-,8?,9-,10?,12+/m1/s1. The van der Waals surface area contributed by atoms with Gasteiger partial charge in [0, 0.05) is 6.92 Å². The number of aliphatic hydroxyl groups is 3. The van der Waals surface area contributed by atoms with Crippen molar-refractivity contribution in [1.29, 1.82) is 0 Å². The van der Waals surface area contributed by atoms with E-state index in [1.54, 1.807) is 6.92 Å². The van der Waals surface area contributed by atoms with Gasteiger partial charge in [-0.2, -0.15) is 0 Å². The Hall–Kier alpha value is -2.12. The van der Waals surface area contributed by atoms with E-state index in [1.807, 2.05) is 0 Å². The summed E-state index contributed by atoms with van der Waals surface area (Å²) in [4.78, 5) is 25.0. The Morgan fingerprint density at radius 3 is 2.67 bits per heavy atom. The molecule has 1 saturated heterocycles. The van der Waals surface area contributed by atoms with Gasteiger partial charge in [0.15, 0.2) is 18.2 Å². The number of hydrogen-bond donors (Lipinski definition) is 4. The first kappa shape index (κ1) is 18.2. The third-order valence-electron chi connectivity index (χ3n) is 3.63. The second-order valence-corrected chi connectivity index (χ2v) is 5.18. The number of aromatic nitrogens is 2. The Balaban J connectivity index is 2.00. The highest BCUT2D eigenvalue weighted by Gasteiger charge is 2.47. The lowest BCUT2D eigenvalue weighted by Gasteiger charge is -2.38. The number of rotatable bonds is 6. The minimum absolute atomic E-state index is 0.00882. The first-order valence-corrected chi connectivity index (χ1v) is 6.94. The van der Waals surface area contributed by atoms with Crippen molar-refractivity contribution in [3.63, 3.8) is 0 Å². The van der Waals surface area contributed by atoms with Crippen LogP contribution in [0.15, 0.2) is 6.20 Å². The van der Waals surface area contributed by atoms with Crippen molar-refractivity contribution in [3.8, 4) is 0 Å². The Labute approximate surface area is 135 Å². The van der Waals surface area contributed by atoms with E-state index < -0.39 is 41.6 Å². The minimum atomic E-state index is -1.81. The van der Waals surface area contributed by atoms with E-state index in [-0.39, 0.29) is 19.0 Å². The van der Waals surface area contributed by atoms with Gasteiger partial charge in [-0.25, -0.2) is 14.3 Å². The number of ether oxygens (including phenoxy) is 2. The normalized spacial score (nSPS) is 30.2. The van der Waals surface area contributed by atoms with Gasteiger partial charge in [-0.3, -0.25) is 0 Å². The molecule has 5 atom stereocenters. The zero-order chi connectivity index (χ0) is 18.0. The first-order valence-electron chi connectivity index (χ1n) is 6.94. The molecule has 134 valence electrons. The molecule has 1 aromatic rings. The highest BCUT2D eigenvalue weighted by atomic mass is 16.7. The van der Waals surface area contributed by atoms with Crippen LogP contribution >= 0.6 is 0 Å². The largest absolute Gasteiger partial charge is 0.479 e. The predicted octanol–water partition coefficient (Wildman–Crippen LogP) is -1.99. The van der Waals surface area contributed by atoms with E-state index in [2.05, 4.69) is 4.98 Å². The number of carboxylic acids is 1. The Bertz CT molecular complexity index is 619. The molecule has 12 nitrogen and oxygen atoms in total. The number of aryl methyl sites for hydroxylation is 1. The summed E-state index contributed by atoms with van der Waals surface area (Å²) < 4.78 is 11.4. The van der Waals surface area contributed by atoms with Crippen molar-refractivity contribution < 1.29 is 39.6 Å². The van der Waals surface area contributed by atoms with Gasteiger partial charge in [0.25, 0.3) is 0 Å². The van der Waals surface area contributed by atoms with E-state index in [4.69, 9.17) is 14.6 Å². The van der Waals surface area contributed by atoms with E-state index in [0.717, 1.165) is 6.20 Å². The third-order valence-corrected chi connectivity index (χ3v) is 3.63. The highest BCUT2D eigenvalue weighted by molar-refractivity contribution is 5.73. The molecule has 0 bridgehead atoms. The van der Waals surface area contributed by atoms with Crippen molar-refractivity contribution in [2.24, 2.45) is 0 Å². The van der Waals surface area contributed by atoms with Crippen LogP contribution in [0.25, 0.3) is 0 Å². The predicted molar refractivity (Wildman–Crippen MR) is 73.9 cm³/mol. The van der Waals surface area contributed by atoms with Crippen LogP contribution in [0.3, 0.4) is 0 Å². The molecule has 2 unspecified atom stereocenters. The molecule has 0 aromatic carbocycles. The quantitative estimate of drug-likeness (QED) is 0.332. The summed E-state index contributed by atoms with van der Waals surface area (Å²) >= 11 is 0. The van der Waals surface area contributed by atoms with Crippen molar-refractivity contribution in [3.05, 3.63) is 22.1 Å². The van der Waals surface area contributed by atoms with Crippen LogP contribution < -0.4 is 0 Å². The van der Waals surface area contributed by atoms with Crippen LogP contribution in [-0.4, -0.2) is 78.2 Å². The second-order valence-electron chi connectivity index (χ2n) is 5.18. The van der Waals surface area contributed by atoms with Crippen LogP contribution in [0.2, 0.25) is 0 Å². The van der Waals surface area contributed by atoms with Crippen molar-refractivity contribution >= 4 is 11.8 Å². The van der Waals surface area contributed by atoms with E-state index in [1.165, 1.54) is 4.57 Å². The molecule has 12 heteroatoms.